The van der Waals surface area contributed by atoms with Gasteiger partial charge in [0, 0.05) is 23.6 Å². The van der Waals surface area contributed by atoms with E-state index in [1.807, 2.05) is 42.5 Å². The number of ether oxygens (including phenoxy) is 3. The zero-order valence-corrected chi connectivity index (χ0v) is 15.5. The highest BCUT2D eigenvalue weighted by atomic mass is 16.5. The van der Waals surface area contributed by atoms with Crippen molar-refractivity contribution in [1.82, 2.24) is 0 Å². The van der Waals surface area contributed by atoms with Crippen LogP contribution in [-0.2, 0) is 0 Å². The first-order valence-corrected chi connectivity index (χ1v) is 8.55. The largest absolute Gasteiger partial charge is 0.497 e. The van der Waals surface area contributed by atoms with E-state index in [4.69, 9.17) is 23.6 Å². The molecule has 3 rings (SSSR count). The van der Waals surface area contributed by atoms with Gasteiger partial charge in [0.15, 0.2) is 11.5 Å². The predicted octanol–water partition coefficient (Wildman–Crippen LogP) is 4.44. The van der Waals surface area contributed by atoms with Crippen LogP contribution >= 0.6 is 0 Å². The molecular weight excluding hydrogens is 330 g/mol. The Morgan fingerprint density at radius 3 is 2.38 bits per heavy atom. The van der Waals surface area contributed by atoms with Gasteiger partial charge >= 0.3 is 0 Å². The maximum absolute atomic E-state index is 6.13. The predicted molar refractivity (Wildman–Crippen MR) is 102 cm³/mol. The molecule has 2 aromatic carbocycles. The highest BCUT2D eigenvalue weighted by Gasteiger charge is 2.11. The van der Waals surface area contributed by atoms with E-state index < -0.39 is 0 Å². The molecule has 0 saturated heterocycles. The summed E-state index contributed by atoms with van der Waals surface area (Å²) in [6.45, 7) is 2.86. The van der Waals surface area contributed by atoms with E-state index in [0.29, 0.717) is 11.5 Å². The average molecular weight is 353 g/mol. The van der Waals surface area contributed by atoms with E-state index in [1.54, 1.807) is 21.3 Å². The number of nitrogens with zero attached hydrogens (tertiary/aromatic N) is 1. The van der Waals surface area contributed by atoms with Gasteiger partial charge in [0.25, 0.3) is 0 Å². The fourth-order valence-corrected chi connectivity index (χ4v) is 2.77. The summed E-state index contributed by atoms with van der Waals surface area (Å²) in [6, 6.07) is 13.4. The molecule has 0 amide bonds. The summed E-state index contributed by atoms with van der Waals surface area (Å²) >= 11 is 0. The van der Waals surface area contributed by atoms with Gasteiger partial charge in [0.1, 0.15) is 17.1 Å². The first-order valence-electron chi connectivity index (χ1n) is 8.55. The molecule has 136 valence electrons. The fourth-order valence-electron chi connectivity index (χ4n) is 2.77. The molecule has 1 aromatic heterocycles. The lowest BCUT2D eigenvalue weighted by Crippen LogP contribution is -2.05. The summed E-state index contributed by atoms with van der Waals surface area (Å²) in [5.41, 5.74) is 1.65. The lowest BCUT2D eigenvalue weighted by Gasteiger charge is -2.10. The van der Waals surface area contributed by atoms with Crippen molar-refractivity contribution in [3.05, 3.63) is 47.8 Å². The molecule has 0 bridgehead atoms. The third-order valence-corrected chi connectivity index (χ3v) is 4.12. The Labute approximate surface area is 152 Å². The summed E-state index contributed by atoms with van der Waals surface area (Å²) in [5, 5.41) is 1.82. The van der Waals surface area contributed by atoms with Gasteiger partial charge in [-0.3, -0.25) is 4.99 Å². The van der Waals surface area contributed by atoms with E-state index in [2.05, 4.69) is 6.92 Å². The standard InChI is InChI=1S/C21H23NO4/c1-5-10-22-17-13-20(14-6-8-19(24-3)21(11-14)25-4)26-18-9-7-15(23-2)12-16(17)18/h6-9,11-13H,5,10H2,1-4H3. The first kappa shape index (κ1) is 17.9. The number of hydrogen-bond acceptors (Lipinski definition) is 5. The molecule has 0 aliphatic heterocycles. The first-order chi connectivity index (χ1) is 12.7. The van der Waals surface area contributed by atoms with Crippen molar-refractivity contribution in [3.63, 3.8) is 0 Å². The zero-order chi connectivity index (χ0) is 18.5. The second kappa shape index (κ2) is 7.95. The van der Waals surface area contributed by atoms with Gasteiger partial charge in [-0.2, -0.15) is 0 Å². The Morgan fingerprint density at radius 2 is 1.69 bits per heavy atom. The zero-order valence-electron chi connectivity index (χ0n) is 15.5. The molecule has 5 nitrogen and oxygen atoms in total. The van der Waals surface area contributed by atoms with E-state index in [-0.39, 0.29) is 0 Å². The number of hydrogen-bond donors (Lipinski definition) is 0. The van der Waals surface area contributed by atoms with Crippen LogP contribution in [0.1, 0.15) is 13.3 Å². The van der Waals surface area contributed by atoms with Crippen molar-refractivity contribution in [1.29, 1.82) is 0 Å². The van der Waals surface area contributed by atoms with Crippen LogP contribution in [0.4, 0.5) is 0 Å². The molecule has 0 unspecified atom stereocenters. The van der Waals surface area contributed by atoms with Crippen molar-refractivity contribution in [3.8, 4) is 28.6 Å². The van der Waals surface area contributed by atoms with E-state index >= 15 is 0 Å². The Morgan fingerprint density at radius 1 is 0.885 bits per heavy atom. The lowest BCUT2D eigenvalue weighted by molar-refractivity contribution is 0.355. The van der Waals surface area contributed by atoms with Crippen LogP contribution in [0.5, 0.6) is 17.2 Å². The maximum Gasteiger partial charge on any atom is 0.161 e. The number of methoxy groups -OCH3 is 3. The minimum absolute atomic E-state index is 0.655. The molecule has 5 heteroatoms. The van der Waals surface area contributed by atoms with Gasteiger partial charge in [0.05, 0.1) is 26.7 Å². The van der Waals surface area contributed by atoms with Gasteiger partial charge in [-0.15, -0.1) is 0 Å². The Bertz CT molecular complexity index is 975. The minimum Gasteiger partial charge on any atom is -0.497 e. The molecule has 0 aliphatic rings. The molecular formula is C21H23NO4. The molecule has 0 saturated carbocycles. The fraction of sp³-hybridized carbons (Fsp3) is 0.286. The summed E-state index contributed by atoms with van der Waals surface area (Å²) in [7, 11) is 4.89. The second-order valence-electron chi connectivity index (χ2n) is 5.81. The molecule has 0 aliphatic carbocycles. The molecule has 3 aromatic rings. The van der Waals surface area contributed by atoms with E-state index in [1.165, 1.54) is 0 Å². The third kappa shape index (κ3) is 3.52. The van der Waals surface area contributed by atoms with Crippen LogP contribution < -0.4 is 19.6 Å². The quantitative estimate of drug-likeness (QED) is 0.657. The summed E-state index contributed by atoms with van der Waals surface area (Å²) < 4.78 is 22.2. The van der Waals surface area contributed by atoms with Crippen molar-refractivity contribution in [2.45, 2.75) is 13.3 Å². The van der Waals surface area contributed by atoms with Gasteiger partial charge in [-0.05, 0) is 42.8 Å². The highest BCUT2D eigenvalue weighted by Crippen LogP contribution is 2.33. The molecule has 1 heterocycles. The van der Waals surface area contributed by atoms with Crippen molar-refractivity contribution in [2.24, 2.45) is 4.99 Å². The average Bonchev–Trinajstić information content (AvgIpc) is 2.70. The highest BCUT2D eigenvalue weighted by molar-refractivity contribution is 5.80. The van der Waals surface area contributed by atoms with Crippen molar-refractivity contribution in [2.75, 3.05) is 27.9 Å². The molecule has 0 atom stereocenters. The van der Waals surface area contributed by atoms with Gasteiger partial charge < -0.3 is 18.6 Å². The van der Waals surface area contributed by atoms with Crippen LogP contribution in [0.3, 0.4) is 0 Å². The number of rotatable bonds is 6. The van der Waals surface area contributed by atoms with Crippen LogP contribution in [-0.4, -0.2) is 27.9 Å². The smallest absolute Gasteiger partial charge is 0.161 e. The summed E-state index contributed by atoms with van der Waals surface area (Å²) in [6.07, 6.45) is 0.975. The summed E-state index contributed by atoms with van der Waals surface area (Å²) in [4.78, 5) is 4.72. The SMILES string of the molecule is CCCN=c1cc(-c2ccc(OC)c(OC)c2)oc2ccc(OC)cc12. The molecule has 0 N–H and O–H groups in total. The van der Waals surface area contributed by atoms with Crippen molar-refractivity contribution < 1.29 is 18.6 Å². The number of benzene rings is 2. The number of fused-ring (bicyclic) bond motifs is 1. The third-order valence-electron chi connectivity index (χ3n) is 4.12. The van der Waals surface area contributed by atoms with Crippen LogP contribution in [0, 0.1) is 0 Å². The topological polar surface area (TPSA) is 53.2 Å². The molecule has 0 spiro atoms. The molecule has 26 heavy (non-hydrogen) atoms. The minimum atomic E-state index is 0.655. The van der Waals surface area contributed by atoms with Crippen LogP contribution in [0.2, 0.25) is 0 Å². The Kier molecular flexibility index (Phi) is 5.46. The van der Waals surface area contributed by atoms with Crippen molar-refractivity contribution >= 4 is 11.0 Å². The Balaban J connectivity index is 2.21. The second-order valence-corrected chi connectivity index (χ2v) is 5.81. The molecule has 0 radical (unpaired) electrons. The maximum atomic E-state index is 6.13. The molecule has 0 fully saturated rings. The van der Waals surface area contributed by atoms with E-state index in [0.717, 1.165) is 46.4 Å². The van der Waals surface area contributed by atoms with Crippen LogP contribution in [0.25, 0.3) is 22.3 Å². The summed E-state index contributed by atoms with van der Waals surface area (Å²) in [5.74, 6) is 2.83. The van der Waals surface area contributed by atoms with E-state index in [9.17, 15) is 0 Å². The van der Waals surface area contributed by atoms with Gasteiger partial charge in [-0.1, -0.05) is 6.92 Å². The Hall–Kier alpha value is -2.95. The lowest BCUT2D eigenvalue weighted by atomic mass is 10.1. The van der Waals surface area contributed by atoms with Gasteiger partial charge in [0.2, 0.25) is 0 Å². The van der Waals surface area contributed by atoms with Crippen LogP contribution in [0.15, 0.2) is 51.9 Å². The van der Waals surface area contributed by atoms with Gasteiger partial charge in [-0.25, -0.2) is 0 Å². The normalized spacial score (nSPS) is 11.6. The monoisotopic (exact) mass is 353 g/mol.